The normalized spacial score (nSPS) is 26.7. The van der Waals surface area contributed by atoms with Crippen molar-refractivity contribution in [1.29, 1.82) is 0 Å². The van der Waals surface area contributed by atoms with Crippen molar-refractivity contribution in [3.8, 4) is 0 Å². The smallest absolute Gasteiger partial charge is 0.243 e. The lowest BCUT2D eigenvalue weighted by Crippen LogP contribution is -2.52. The van der Waals surface area contributed by atoms with E-state index in [1.807, 2.05) is 24.0 Å². The summed E-state index contributed by atoms with van der Waals surface area (Å²) in [6.07, 6.45) is 0.165. The minimum absolute atomic E-state index is 0.234. The fourth-order valence-corrected chi connectivity index (χ4v) is 3.62. The first kappa shape index (κ1) is 15.0. The molecular formula is C16H21N3O3. The number of nitrogens with one attached hydrogen (secondary N) is 1. The van der Waals surface area contributed by atoms with Crippen molar-refractivity contribution in [3.05, 3.63) is 28.8 Å². The minimum atomic E-state index is -0.632. The molecule has 6 heteroatoms. The lowest BCUT2D eigenvalue weighted by molar-refractivity contribution is -0.139. The van der Waals surface area contributed by atoms with Gasteiger partial charge in [-0.05, 0) is 43.0 Å². The molecule has 3 atom stereocenters. The number of hydrogen-bond acceptors (Lipinski definition) is 5. The molecule has 2 amide bonds. The van der Waals surface area contributed by atoms with Gasteiger partial charge in [-0.25, -0.2) is 0 Å². The van der Waals surface area contributed by atoms with Crippen molar-refractivity contribution < 1.29 is 14.7 Å². The maximum atomic E-state index is 12.2. The van der Waals surface area contributed by atoms with Gasteiger partial charge in [0.25, 0.3) is 0 Å². The molecule has 1 saturated heterocycles. The molecule has 0 radical (unpaired) electrons. The molecule has 1 aromatic rings. The predicted molar refractivity (Wildman–Crippen MR) is 81.7 cm³/mol. The van der Waals surface area contributed by atoms with Gasteiger partial charge >= 0.3 is 0 Å². The maximum absolute atomic E-state index is 12.2. The number of piperidine rings is 1. The quantitative estimate of drug-likeness (QED) is 0.550. The third-order valence-electron chi connectivity index (χ3n) is 4.55. The Morgan fingerprint density at radius 3 is 2.77 bits per heavy atom. The molecule has 1 aromatic carbocycles. The van der Waals surface area contributed by atoms with Crippen LogP contribution >= 0.6 is 0 Å². The number of nitrogen functional groups attached to an aromatic ring is 1. The molecule has 2 aliphatic rings. The Morgan fingerprint density at radius 2 is 2.14 bits per heavy atom. The fourth-order valence-electron chi connectivity index (χ4n) is 3.62. The number of nitrogens with two attached hydrogens (primary N) is 1. The number of benzene rings is 1. The van der Waals surface area contributed by atoms with E-state index in [0.29, 0.717) is 25.1 Å². The van der Waals surface area contributed by atoms with Gasteiger partial charge in [0.1, 0.15) is 0 Å². The number of hydrogen-bond donors (Lipinski definition) is 3. The first-order chi connectivity index (χ1) is 10.4. The Morgan fingerprint density at radius 1 is 1.41 bits per heavy atom. The first-order valence-electron chi connectivity index (χ1n) is 7.55. The Balaban J connectivity index is 1.98. The van der Waals surface area contributed by atoms with Crippen LogP contribution in [0.15, 0.2) is 12.1 Å². The summed E-state index contributed by atoms with van der Waals surface area (Å²) in [4.78, 5) is 25.5. The molecule has 2 aliphatic heterocycles. The summed E-state index contributed by atoms with van der Waals surface area (Å²) in [6, 6.07) is 3.24. The highest BCUT2D eigenvalue weighted by Crippen LogP contribution is 2.41. The van der Waals surface area contributed by atoms with Crippen LogP contribution < -0.4 is 11.1 Å². The largest absolute Gasteiger partial charge is 0.398 e. The van der Waals surface area contributed by atoms with Crippen LogP contribution in [0, 0.1) is 6.92 Å². The summed E-state index contributed by atoms with van der Waals surface area (Å²) >= 11 is 0. The van der Waals surface area contributed by atoms with E-state index in [1.54, 1.807) is 6.92 Å². The van der Waals surface area contributed by atoms with E-state index in [4.69, 9.17) is 5.73 Å². The van der Waals surface area contributed by atoms with Gasteiger partial charge in [0, 0.05) is 18.7 Å². The molecule has 0 aliphatic carbocycles. The highest BCUT2D eigenvalue weighted by atomic mass is 16.3. The summed E-state index contributed by atoms with van der Waals surface area (Å²) in [5.74, 6) is -0.521. The average Bonchev–Trinajstić information content (AvgIpc) is 2.78. The predicted octanol–water partition coefficient (Wildman–Crippen LogP) is 0.620. The van der Waals surface area contributed by atoms with Crippen molar-refractivity contribution in [2.24, 2.45) is 0 Å². The molecule has 0 aromatic heterocycles. The highest BCUT2D eigenvalue weighted by molar-refractivity contribution is 6.00. The van der Waals surface area contributed by atoms with Gasteiger partial charge in [-0.1, -0.05) is 6.07 Å². The molecule has 22 heavy (non-hydrogen) atoms. The maximum Gasteiger partial charge on any atom is 0.243 e. The van der Waals surface area contributed by atoms with Crippen molar-refractivity contribution in [3.63, 3.8) is 0 Å². The number of aryl methyl sites for hydroxylation is 1. The summed E-state index contributed by atoms with van der Waals surface area (Å²) in [5.41, 5.74) is 9.80. The number of fused-ring (bicyclic) bond motifs is 1. The van der Waals surface area contributed by atoms with Gasteiger partial charge in [-0.2, -0.15) is 0 Å². The molecule has 0 saturated carbocycles. The number of carbonyl (C=O) groups is 2. The second-order valence-corrected chi connectivity index (χ2v) is 6.25. The Labute approximate surface area is 129 Å². The zero-order valence-electron chi connectivity index (χ0n) is 12.8. The molecule has 3 rings (SSSR count). The third-order valence-corrected chi connectivity index (χ3v) is 4.55. The zero-order valence-corrected chi connectivity index (χ0v) is 12.8. The van der Waals surface area contributed by atoms with E-state index < -0.39 is 12.1 Å². The van der Waals surface area contributed by atoms with Gasteiger partial charge in [-0.3, -0.25) is 19.8 Å². The second kappa shape index (κ2) is 5.37. The van der Waals surface area contributed by atoms with Crippen molar-refractivity contribution in [2.45, 2.75) is 51.4 Å². The highest BCUT2D eigenvalue weighted by Gasteiger charge is 2.42. The lowest BCUT2D eigenvalue weighted by Gasteiger charge is -2.35. The van der Waals surface area contributed by atoms with Crippen molar-refractivity contribution in [2.75, 3.05) is 5.73 Å². The zero-order chi connectivity index (χ0) is 16.0. The first-order valence-corrected chi connectivity index (χ1v) is 7.55. The number of nitrogens with zero attached hydrogens (tertiary/aromatic N) is 1. The topological polar surface area (TPSA) is 95.7 Å². The van der Waals surface area contributed by atoms with E-state index in [9.17, 15) is 14.7 Å². The number of carbonyl (C=O) groups excluding carboxylic acids is 2. The molecule has 6 nitrogen and oxygen atoms in total. The second-order valence-electron chi connectivity index (χ2n) is 6.25. The SMILES string of the molecule is Cc1cc(N)c2c(c1)C(C(C)O)N(C1CCC(=O)NC1=O)C2. The minimum Gasteiger partial charge on any atom is -0.398 e. The number of anilines is 1. The van der Waals surface area contributed by atoms with Crippen LogP contribution in [0.2, 0.25) is 0 Å². The van der Waals surface area contributed by atoms with Crippen LogP contribution in [0.25, 0.3) is 0 Å². The molecule has 3 unspecified atom stereocenters. The lowest BCUT2D eigenvalue weighted by atomic mass is 9.96. The van der Waals surface area contributed by atoms with Crippen LogP contribution in [-0.4, -0.2) is 34.0 Å². The fraction of sp³-hybridized carbons (Fsp3) is 0.500. The van der Waals surface area contributed by atoms with Crippen molar-refractivity contribution >= 4 is 17.5 Å². The molecule has 0 bridgehead atoms. The number of aliphatic hydroxyl groups is 1. The van der Waals surface area contributed by atoms with Crippen LogP contribution in [0.4, 0.5) is 5.69 Å². The number of aliphatic hydroxyl groups excluding tert-OH is 1. The van der Waals surface area contributed by atoms with Crippen LogP contribution in [0.5, 0.6) is 0 Å². The van der Waals surface area contributed by atoms with Gasteiger partial charge < -0.3 is 10.8 Å². The van der Waals surface area contributed by atoms with Gasteiger partial charge in [-0.15, -0.1) is 0 Å². The monoisotopic (exact) mass is 303 g/mol. The number of rotatable bonds is 2. The molecule has 4 N–H and O–H groups in total. The average molecular weight is 303 g/mol. The van der Waals surface area contributed by atoms with E-state index in [2.05, 4.69) is 5.32 Å². The summed E-state index contributed by atoms with van der Waals surface area (Å²) in [5, 5.41) is 12.6. The Kier molecular flexibility index (Phi) is 3.66. The number of imide groups is 1. The van der Waals surface area contributed by atoms with Crippen LogP contribution in [0.3, 0.4) is 0 Å². The molecule has 0 spiro atoms. The van der Waals surface area contributed by atoms with Crippen LogP contribution in [-0.2, 0) is 16.1 Å². The van der Waals surface area contributed by atoms with E-state index in [-0.39, 0.29) is 17.9 Å². The van der Waals surface area contributed by atoms with E-state index in [1.165, 1.54) is 0 Å². The van der Waals surface area contributed by atoms with Crippen molar-refractivity contribution in [1.82, 2.24) is 10.2 Å². The van der Waals surface area contributed by atoms with E-state index >= 15 is 0 Å². The van der Waals surface area contributed by atoms with Gasteiger partial charge in [0.15, 0.2) is 0 Å². The Hall–Kier alpha value is -1.92. The summed E-state index contributed by atoms with van der Waals surface area (Å²) in [6.45, 7) is 4.20. The Bertz CT molecular complexity index is 642. The summed E-state index contributed by atoms with van der Waals surface area (Å²) in [7, 11) is 0. The third kappa shape index (κ3) is 2.38. The molecule has 118 valence electrons. The standard InChI is InChI=1S/C16H21N3O3/c1-8-5-10-11(12(17)6-8)7-19(15(10)9(2)20)13-3-4-14(21)18-16(13)22/h5-6,9,13,15,20H,3-4,7,17H2,1-2H3,(H,18,21,22). The number of amides is 2. The summed E-state index contributed by atoms with van der Waals surface area (Å²) < 4.78 is 0. The molecule has 2 heterocycles. The molecule has 1 fully saturated rings. The van der Waals surface area contributed by atoms with Gasteiger partial charge in [0.2, 0.25) is 11.8 Å². The van der Waals surface area contributed by atoms with Gasteiger partial charge in [0.05, 0.1) is 18.2 Å². The van der Waals surface area contributed by atoms with Crippen LogP contribution in [0.1, 0.15) is 42.5 Å². The van der Waals surface area contributed by atoms with E-state index in [0.717, 1.165) is 16.7 Å². The molecular weight excluding hydrogens is 282 g/mol.